The summed E-state index contributed by atoms with van der Waals surface area (Å²) in [5.41, 5.74) is 0.325. The zero-order valence-electron chi connectivity index (χ0n) is 12.7. The van der Waals surface area contributed by atoms with Crippen molar-refractivity contribution in [1.29, 1.82) is 0 Å². The number of rotatable bonds is 4. The molecule has 0 aliphatic carbocycles. The third-order valence-corrected chi connectivity index (χ3v) is 5.11. The quantitative estimate of drug-likeness (QED) is 0.596. The van der Waals surface area contributed by atoms with E-state index in [9.17, 15) is 13.2 Å². The first-order chi connectivity index (χ1) is 11.3. The number of hydrogen-bond donors (Lipinski definition) is 0. The van der Waals surface area contributed by atoms with Gasteiger partial charge in [0.15, 0.2) is 0 Å². The number of alkyl halides is 3. The van der Waals surface area contributed by atoms with Crippen molar-refractivity contribution in [3.05, 3.63) is 46.1 Å². The molecule has 0 fully saturated rings. The van der Waals surface area contributed by atoms with Gasteiger partial charge in [-0.1, -0.05) is 30.0 Å². The Labute approximate surface area is 144 Å². The fourth-order valence-corrected chi connectivity index (χ4v) is 3.76. The van der Waals surface area contributed by atoms with E-state index in [1.165, 1.54) is 23.5 Å². The smallest absolute Gasteiger partial charge is 0.410 e. The zero-order chi connectivity index (χ0) is 17.3. The minimum atomic E-state index is -4.38. The lowest BCUT2D eigenvalue weighted by atomic mass is 10.1. The fourth-order valence-electron chi connectivity index (χ4n) is 2.15. The van der Waals surface area contributed by atoms with E-state index >= 15 is 0 Å². The van der Waals surface area contributed by atoms with Crippen molar-refractivity contribution in [2.75, 3.05) is 0 Å². The van der Waals surface area contributed by atoms with Crippen LogP contribution in [0, 0.1) is 13.8 Å². The van der Waals surface area contributed by atoms with Crippen LogP contribution in [0.3, 0.4) is 0 Å². The molecule has 0 bridgehead atoms. The Hall–Kier alpha value is -1.87. The van der Waals surface area contributed by atoms with E-state index in [4.69, 9.17) is 4.42 Å². The number of benzene rings is 1. The number of hydrogen-bond acceptors (Lipinski definition) is 6. The summed E-state index contributed by atoms with van der Waals surface area (Å²) in [5, 5.41) is 8.96. The molecule has 0 N–H and O–H groups in total. The highest BCUT2D eigenvalue weighted by Gasteiger charge is 2.32. The lowest BCUT2D eigenvalue weighted by Gasteiger charge is -2.11. The Balaban J connectivity index is 1.76. The molecule has 0 aliphatic rings. The van der Waals surface area contributed by atoms with Crippen molar-refractivity contribution in [1.82, 2.24) is 15.2 Å². The predicted octanol–water partition coefficient (Wildman–Crippen LogP) is 5.12. The second-order valence-corrected chi connectivity index (χ2v) is 7.09. The summed E-state index contributed by atoms with van der Waals surface area (Å²) < 4.78 is 44.5. The summed E-state index contributed by atoms with van der Waals surface area (Å²) in [6.45, 7) is 3.72. The maximum absolute atomic E-state index is 13.0. The Morgan fingerprint density at radius 3 is 2.58 bits per heavy atom. The molecule has 0 unspecified atom stereocenters. The van der Waals surface area contributed by atoms with Crippen LogP contribution in [-0.4, -0.2) is 15.2 Å². The Morgan fingerprint density at radius 1 is 1.17 bits per heavy atom. The molecule has 0 atom stereocenters. The van der Waals surface area contributed by atoms with Crippen LogP contribution in [0.15, 0.2) is 33.9 Å². The topological polar surface area (TPSA) is 51.8 Å². The standard InChI is InChI=1S/C15H12F3N3OS2/c1-8-12(24-9(2)19-8)13-20-21-14(22-13)23-7-10-5-3-4-6-11(10)15(16,17)18/h3-6H,7H2,1-2H3. The molecule has 1 aromatic carbocycles. The van der Waals surface area contributed by atoms with Gasteiger partial charge in [-0.15, -0.1) is 21.5 Å². The molecule has 126 valence electrons. The summed E-state index contributed by atoms with van der Waals surface area (Å²) in [4.78, 5) is 5.07. The van der Waals surface area contributed by atoms with Gasteiger partial charge in [0.25, 0.3) is 11.1 Å². The van der Waals surface area contributed by atoms with Crippen molar-refractivity contribution in [2.45, 2.75) is 31.0 Å². The summed E-state index contributed by atoms with van der Waals surface area (Å²) in [7, 11) is 0. The van der Waals surface area contributed by atoms with Crippen LogP contribution in [0.4, 0.5) is 13.2 Å². The van der Waals surface area contributed by atoms with E-state index in [1.54, 1.807) is 6.07 Å². The van der Waals surface area contributed by atoms with Gasteiger partial charge in [-0.25, -0.2) is 4.98 Å². The molecule has 3 aromatic rings. The van der Waals surface area contributed by atoms with E-state index in [0.717, 1.165) is 33.4 Å². The van der Waals surface area contributed by atoms with E-state index in [-0.39, 0.29) is 16.5 Å². The van der Waals surface area contributed by atoms with E-state index in [2.05, 4.69) is 15.2 Å². The molecule has 4 nitrogen and oxygen atoms in total. The number of thiazole rings is 1. The lowest BCUT2D eigenvalue weighted by molar-refractivity contribution is -0.138. The normalized spacial score (nSPS) is 11.9. The van der Waals surface area contributed by atoms with Gasteiger partial charge in [0.1, 0.15) is 4.88 Å². The second-order valence-electron chi connectivity index (χ2n) is 4.96. The molecule has 0 spiro atoms. The molecule has 2 heterocycles. The van der Waals surface area contributed by atoms with Crippen molar-refractivity contribution >= 4 is 23.1 Å². The van der Waals surface area contributed by atoms with Gasteiger partial charge in [-0.3, -0.25) is 0 Å². The molecule has 0 saturated carbocycles. The monoisotopic (exact) mass is 371 g/mol. The molecule has 0 amide bonds. The summed E-state index contributed by atoms with van der Waals surface area (Å²) in [6.07, 6.45) is -4.38. The van der Waals surface area contributed by atoms with E-state index in [0.29, 0.717) is 5.89 Å². The third-order valence-electron chi connectivity index (χ3n) is 3.18. The summed E-state index contributed by atoms with van der Waals surface area (Å²) in [6, 6.07) is 5.47. The van der Waals surface area contributed by atoms with Crippen LogP contribution in [0.25, 0.3) is 10.8 Å². The minimum Gasteiger partial charge on any atom is -0.410 e. The molecule has 0 radical (unpaired) electrons. The maximum Gasteiger partial charge on any atom is 0.416 e. The zero-order valence-corrected chi connectivity index (χ0v) is 14.3. The Morgan fingerprint density at radius 2 is 1.92 bits per heavy atom. The number of aryl methyl sites for hydroxylation is 2. The van der Waals surface area contributed by atoms with Crippen LogP contribution >= 0.6 is 23.1 Å². The van der Waals surface area contributed by atoms with Crippen molar-refractivity contribution in [2.24, 2.45) is 0 Å². The van der Waals surface area contributed by atoms with Gasteiger partial charge in [0.05, 0.1) is 16.3 Å². The van der Waals surface area contributed by atoms with Gasteiger partial charge < -0.3 is 4.42 Å². The Kier molecular flexibility index (Phi) is 4.64. The molecular formula is C15H12F3N3OS2. The van der Waals surface area contributed by atoms with Crippen LogP contribution in [0.2, 0.25) is 0 Å². The summed E-state index contributed by atoms with van der Waals surface area (Å²) in [5.74, 6) is 0.433. The Bertz CT molecular complexity index is 858. The predicted molar refractivity (Wildman–Crippen MR) is 85.9 cm³/mol. The number of nitrogens with zero attached hydrogens (tertiary/aromatic N) is 3. The lowest BCUT2D eigenvalue weighted by Crippen LogP contribution is -2.08. The first-order valence-corrected chi connectivity index (χ1v) is 8.70. The van der Waals surface area contributed by atoms with Crippen molar-refractivity contribution in [3.63, 3.8) is 0 Å². The van der Waals surface area contributed by atoms with Crippen LogP contribution in [0.1, 0.15) is 21.8 Å². The van der Waals surface area contributed by atoms with Crippen LogP contribution in [-0.2, 0) is 11.9 Å². The molecular weight excluding hydrogens is 359 g/mol. The molecule has 0 aliphatic heterocycles. The number of halogens is 3. The van der Waals surface area contributed by atoms with E-state index < -0.39 is 11.7 Å². The van der Waals surface area contributed by atoms with Gasteiger partial charge >= 0.3 is 6.18 Å². The van der Waals surface area contributed by atoms with Crippen LogP contribution < -0.4 is 0 Å². The average molecular weight is 371 g/mol. The SMILES string of the molecule is Cc1nc(C)c(-c2nnc(SCc3ccccc3C(F)(F)F)o2)s1. The first-order valence-electron chi connectivity index (χ1n) is 6.90. The van der Waals surface area contributed by atoms with Gasteiger partial charge in [-0.05, 0) is 25.5 Å². The third kappa shape index (κ3) is 3.62. The van der Waals surface area contributed by atoms with E-state index in [1.807, 2.05) is 13.8 Å². The molecule has 3 rings (SSSR count). The first kappa shape index (κ1) is 17.0. The van der Waals surface area contributed by atoms with Crippen molar-refractivity contribution < 1.29 is 17.6 Å². The molecule has 24 heavy (non-hydrogen) atoms. The van der Waals surface area contributed by atoms with Gasteiger partial charge in [0.2, 0.25) is 0 Å². The number of aromatic nitrogens is 3. The summed E-state index contributed by atoms with van der Waals surface area (Å²) >= 11 is 2.51. The second kappa shape index (κ2) is 6.56. The highest BCUT2D eigenvalue weighted by atomic mass is 32.2. The fraction of sp³-hybridized carbons (Fsp3) is 0.267. The highest BCUT2D eigenvalue weighted by Crippen LogP contribution is 2.35. The average Bonchev–Trinajstić information content (AvgIpc) is 3.10. The van der Waals surface area contributed by atoms with Gasteiger partial charge in [0, 0.05) is 5.75 Å². The maximum atomic E-state index is 13.0. The highest BCUT2D eigenvalue weighted by molar-refractivity contribution is 7.98. The van der Waals surface area contributed by atoms with Crippen LogP contribution in [0.5, 0.6) is 0 Å². The molecule has 0 saturated heterocycles. The van der Waals surface area contributed by atoms with Crippen molar-refractivity contribution in [3.8, 4) is 10.8 Å². The largest absolute Gasteiger partial charge is 0.416 e. The number of thioether (sulfide) groups is 1. The molecule has 9 heteroatoms. The minimum absolute atomic E-state index is 0.0953. The molecule has 2 aromatic heterocycles. The van der Waals surface area contributed by atoms with Gasteiger partial charge in [-0.2, -0.15) is 13.2 Å².